The highest BCUT2D eigenvalue weighted by Crippen LogP contribution is 2.43. The fraction of sp³-hybridized carbons (Fsp3) is 0.615. The Morgan fingerprint density at radius 3 is 2.60 bits per heavy atom. The number of methoxy groups -OCH3 is 1. The van der Waals surface area contributed by atoms with Gasteiger partial charge in [-0.25, -0.2) is 15.2 Å². The second kappa shape index (κ2) is 5.52. The molecule has 2 rings (SSSR count). The van der Waals surface area contributed by atoms with Crippen LogP contribution in [0.15, 0.2) is 6.33 Å². The van der Waals surface area contributed by atoms with E-state index in [2.05, 4.69) is 20.8 Å². The minimum absolute atomic E-state index is 0.398. The molecule has 0 bridgehead atoms. The zero-order valence-electron chi connectivity index (χ0n) is 12.2. The van der Waals surface area contributed by atoms with Gasteiger partial charge in [0.15, 0.2) is 0 Å². The van der Waals surface area contributed by atoms with Crippen LogP contribution in [0.5, 0.6) is 5.88 Å². The lowest BCUT2D eigenvalue weighted by Crippen LogP contribution is -2.36. The topological polar surface area (TPSA) is 85.4 Å². The number of carbonyl (C=O) groups is 1. The summed E-state index contributed by atoms with van der Waals surface area (Å²) in [4.78, 5) is 19.9. The molecular weight excluding hydrogens is 260 g/mol. The Labute approximate surface area is 118 Å². The highest BCUT2D eigenvalue weighted by Gasteiger charge is 2.30. The first kappa shape index (κ1) is 14.4. The summed E-state index contributed by atoms with van der Waals surface area (Å²) in [6.07, 6.45) is 3.07. The first-order valence-corrected chi connectivity index (χ1v) is 6.54. The van der Waals surface area contributed by atoms with Crippen molar-refractivity contribution in [1.82, 2.24) is 15.4 Å². The molecule has 7 nitrogen and oxygen atoms in total. The predicted molar refractivity (Wildman–Crippen MR) is 73.6 cm³/mol. The summed E-state index contributed by atoms with van der Waals surface area (Å²) in [6, 6.07) is 0. The maximum absolute atomic E-state index is 11.7. The van der Waals surface area contributed by atoms with Crippen molar-refractivity contribution in [1.29, 1.82) is 0 Å². The predicted octanol–water partition coefficient (Wildman–Crippen LogP) is 2.21. The molecule has 1 saturated carbocycles. The average molecular weight is 280 g/mol. The van der Waals surface area contributed by atoms with Crippen molar-refractivity contribution in [3.63, 3.8) is 0 Å². The minimum atomic E-state index is -0.565. The average Bonchev–Trinajstić information content (AvgIpc) is 3.18. The summed E-state index contributed by atoms with van der Waals surface area (Å²) in [7, 11) is 1.53. The molecule has 0 aliphatic heterocycles. The van der Waals surface area contributed by atoms with Gasteiger partial charge in [-0.3, -0.25) is 5.43 Å². The molecule has 7 heteroatoms. The van der Waals surface area contributed by atoms with Crippen LogP contribution in [0.25, 0.3) is 0 Å². The molecule has 1 aromatic heterocycles. The number of anilines is 1. The molecule has 0 atom stereocenters. The van der Waals surface area contributed by atoms with Crippen LogP contribution in [-0.2, 0) is 4.74 Å². The van der Waals surface area contributed by atoms with Crippen molar-refractivity contribution in [3.8, 4) is 5.88 Å². The number of hydrogen-bond donors (Lipinski definition) is 2. The number of ether oxygens (including phenoxy) is 2. The number of hydrogen-bond acceptors (Lipinski definition) is 6. The lowest BCUT2D eigenvalue weighted by Gasteiger charge is -2.20. The highest BCUT2D eigenvalue weighted by molar-refractivity contribution is 5.71. The fourth-order valence-electron chi connectivity index (χ4n) is 1.74. The zero-order chi connectivity index (χ0) is 14.8. The van der Waals surface area contributed by atoms with E-state index in [1.807, 2.05) is 0 Å². The molecule has 1 amide bonds. The van der Waals surface area contributed by atoms with E-state index in [0.29, 0.717) is 17.5 Å². The van der Waals surface area contributed by atoms with E-state index in [1.165, 1.54) is 13.4 Å². The van der Waals surface area contributed by atoms with Crippen LogP contribution in [-0.4, -0.2) is 28.8 Å². The number of rotatable bonds is 4. The normalized spacial score (nSPS) is 14.6. The second-order valence-electron chi connectivity index (χ2n) is 5.67. The van der Waals surface area contributed by atoms with Crippen LogP contribution in [0.1, 0.15) is 45.2 Å². The van der Waals surface area contributed by atoms with E-state index in [0.717, 1.165) is 18.5 Å². The van der Waals surface area contributed by atoms with Crippen molar-refractivity contribution < 1.29 is 14.3 Å². The molecule has 0 saturated heterocycles. The Bertz CT molecular complexity index is 495. The van der Waals surface area contributed by atoms with E-state index in [1.54, 1.807) is 20.8 Å². The Balaban J connectivity index is 2.06. The van der Waals surface area contributed by atoms with Gasteiger partial charge in [-0.2, -0.15) is 4.98 Å². The van der Waals surface area contributed by atoms with Gasteiger partial charge >= 0.3 is 6.09 Å². The van der Waals surface area contributed by atoms with Gasteiger partial charge in [0.05, 0.1) is 12.8 Å². The van der Waals surface area contributed by atoms with E-state index >= 15 is 0 Å². The van der Waals surface area contributed by atoms with Gasteiger partial charge in [-0.1, -0.05) is 0 Å². The van der Waals surface area contributed by atoms with Gasteiger partial charge in [-0.15, -0.1) is 0 Å². The summed E-state index contributed by atoms with van der Waals surface area (Å²) in [5.41, 5.74) is 6.17. The summed E-state index contributed by atoms with van der Waals surface area (Å²) >= 11 is 0. The molecule has 1 aromatic rings. The van der Waals surface area contributed by atoms with Gasteiger partial charge in [0, 0.05) is 5.92 Å². The molecule has 20 heavy (non-hydrogen) atoms. The molecule has 0 aromatic carbocycles. The molecule has 0 spiro atoms. The molecule has 0 unspecified atom stereocenters. The number of nitrogens with zero attached hydrogens (tertiary/aromatic N) is 2. The smallest absolute Gasteiger partial charge is 0.426 e. The Morgan fingerprint density at radius 2 is 2.05 bits per heavy atom. The van der Waals surface area contributed by atoms with Crippen LogP contribution in [0.4, 0.5) is 10.5 Å². The van der Waals surface area contributed by atoms with Crippen LogP contribution in [0.2, 0.25) is 0 Å². The van der Waals surface area contributed by atoms with Crippen LogP contribution < -0.4 is 15.6 Å². The van der Waals surface area contributed by atoms with E-state index in [4.69, 9.17) is 9.47 Å². The quantitative estimate of drug-likeness (QED) is 0.822. The van der Waals surface area contributed by atoms with Gasteiger partial charge in [0.2, 0.25) is 5.88 Å². The highest BCUT2D eigenvalue weighted by atomic mass is 16.6. The second-order valence-corrected chi connectivity index (χ2v) is 5.67. The van der Waals surface area contributed by atoms with Gasteiger partial charge in [0.1, 0.15) is 17.6 Å². The first-order valence-electron chi connectivity index (χ1n) is 6.54. The van der Waals surface area contributed by atoms with E-state index in [9.17, 15) is 4.79 Å². The van der Waals surface area contributed by atoms with Crippen molar-refractivity contribution in [2.75, 3.05) is 12.5 Å². The first-order chi connectivity index (χ1) is 9.40. The molecule has 1 aliphatic rings. The Hall–Kier alpha value is -2.05. The van der Waals surface area contributed by atoms with Gasteiger partial charge in [-0.05, 0) is 33.6 Å². The SMILES string of the molecule is COc1ncnc(C2CC2)c1NNC(=O)OC(C)(C)C. The largest absolute Gasteiger partial charge is 0.479 e. The van der Waals surface area contributed by atoms with Crippen LogP contribution in [0, 0.1) is 0 Å². The monoisotopic (exact) mass is 280 g/mol. The zero-order valence-corrected chi connectivity index (χ0v) is 12.2. The molecule has 110 valence electrons. The van der Waals surface area contributed by atoms with Crippen molar-refractivity contribution in [3.05, 3.63) is 12.0 Å². The standard InChI is InChI=1S/C13H20N4O3/c1-13(2,3)20-12(18)17-16-10-9(8-5-6-8)14-7-15-11(10)19-4/h7-8,16H,5-6H2,1-4H3,(H,17,18). The Morgan fingerprint density at radius 1 is 1.35 bits per heavy atom. The summed E-state index contributed by atoms with van der Waals surface area (Å²) in [5, 5.41) is 0. The Kier molecular flexibility index (Phi) is 3.96. The summed E-state index contributed by atoms with van der Waals surface area (Å²) in [5.74, 6) is 0.799. The molecule has 1 aliphatic carbocycles. The fourth-order valence-corrected chi connectivity index (χ4v) is 1.74. The van der Waals surface area contributed by atoms with Crippen LogP contribution in [0.3, 0.4) is 0 Å². The third kappa shape index (κ3) is 3.72. The maximum Gasteiger partial charge on any atom is 0.426 e. The summed E-state index contributed by atoms with van der Waals surface area (Å²) in [6.45, 7) is 5.40. The van der Waals surface area contributed by atoms with Gasteiger partial charge in [0.25, 0.3) is 0 Å². The lowest BCUT2D eigenvalue weighted by atomic mass is 10.2. The van der Waals surface area contributed by atoms with E-state index < -0.39 is 11.7 Å². The van der Waals surface area contributed by atoms with Crippen molar-refractivity contribution in [2.45, 2.75) is 45.1 Å². The lowest BCUT2D eigenvalue weighted by molar-refractivity contribution is 0.0541. The summed E-state index contributed by atoms with van der Waals surface area (Å²) < 4.78 is 10.3. The van der Waals surface area contributed by atoms with E-state index in [-0.39, 0.29) is 0 Å². The maximum atomic E-state index is 11.7. The molecule has 0 radical (unpaired) electrons. The van der Waals surface area contributed by atoms with Crippen LogP contribution >= 0.6 is 0 Å². The molecular formula is C13H20N4O3. The third-order valence-electron chi connectivity index (χ3n) is 2.69. The minimum Gasteiger partial charge on any atom is -0.479 e. The number of aromatic nitrogens is 2. The molecule has 2 N–H and O–H groups in total. The van der Waals surface area contributed by atoms with Crippen molar-refractivity contribution in [2.24, 2.45) is 0 Å². The number of carbonyl (C=O) groups excluding carboxylic acids is 1. The number of amides is 1. The molecule has 1 heterocycles. The number of nitrogens with one attached hydrogen (secondary N) is 2. The van der Waals surface area contributed by atoms with Crippen molar-refractivity contribution >= 4 is 11.8 Å². The molecule has 1 fully saturated rings. The number of hydrazine groups is 1. The third-order valence-corrected chi connectivity index (χ3v) is 2.69. The van der Waals surface area contributed by atoms with Gasteiger partial charge < -0.3 is 9.47 Å².